The average molecular weight is 314 g/mol. The second-order valence-corrected chi connectivity index (χ2v) is 6.22. The molecule has 98 valence electrons. The van der Waals surface area contributed by atoms with E-state index in [1.54, 1.807) is 24.3 Å². The lowest BCUT2D eigenvalue weighted by molar-refractivity contribution is 0.598. The maximum absolute atomic E-state index is 11.9. The summed E-state index contributed by atoms with van der Waals surface area (Å²) in [5.74, 6) is 0. The van der Waals surface area contributed by atoms with Gasteiger partial charge >= 0.3 is 0 Å². The Balaban J connectivity index is 2.26. The Labute approximate surface area is 121 Å². The van der Waals surface area contributed by atoms with Crippen molar-refractivity contribution in [1.82, 2.24) is 0 Å². The summed E-state index contributed by atoms with van der Waals surface area (Å²) in [6.45, 7) is 0. The summed E-state index contributed by atoms with van der Waals surface area (Å²) in [5, 5.41) is 1.05. The van der Waals surface area contributed by atoms with Crippen LogP contribution in [0, 0.1) is 0 Å². The molecule has 0 aliphatic carbocycles. The molecule has 2 rings (SSSR count). The second-order valence-electron chi connectivity index (χ2n) is 3.72. The summed E-state index contributed by atoms with van der Waals surface area (Å²) >= 11 is 11.4. The summed E-state index contributed by atoms with van der Waals surface area (Å²) in [7, 11) is -3.71. The first-order chi connectivity index (χ1) is 8.97. The number of benzene rings is 2. The van der Waals surface area contributed by atoms with Crippen LogP contribution in [0.4, 0.5) is 0 Å². The smallest absolute Gasteiger partial charge is 0.199 e. The van der Waals surface area contributed by atoms with E-state index in [-0.39, 0.29) is 4.90 Å². The first-order valence-corrected chi connectivity index (χ1v) is 7.48. The van der Waals surface area contributed by atoms with E-state index in [0.717, 1.165) is 0 Å². The maximum atomic E-state index is 11.9. The molecule has 0 N–H and O–H groups in total. The van der Waals surface area contributed by atoms with Crippen molar-refractivity contribution in [3.63, 3.8) is 0 Å². The third kappa shape index (κ3) is 3.80. The van der Waals surface area contributed by atoms with Crippen LogP contribution in [0.3, 0.4) is 0 Å². The molecule has 2 aromatic carbocycles. The van der Waals surface area contributed by atoms with Gasteiger partial charge in [-0.15, -0.1) is 0 Å². The molecule has 0 heterocycles. The minimum atomic E-state index is -3.71. The van der Waals surface area contributed by atoms with Crippen LogP contribution in [0.2, 0.25) is 10.0 Å². The topological polar surface area (TPSA) is 46.5 Å². The molecular weight excluding hydrogens is 305 g/mol. The largest absolute Gasteiger partial charge is 0.282 e. The zero-order chi connectivity index (χ0) is 13.9. The van der Waals surface area contributed by atoms with E-state index in [0.29, 0.717) is 15.6 Å². The van der Waals surface area contributed by atoms with Crippen LogP contribution in [-0.4, -0.2) is 14.6 Å². The van der Waals surface area contributed by atoms with Crippen molar-refractivity contribution in [1.29, 1.82) is 0 Å². The Kier molecular flexibility index (Phi) is 4.24. The van der Waals surface area contributed by atoms with Crippen LogP contribution < -0.4 is 0 Å². The monoisotopic (exact) mass is 313 g/mol. The van der Waals surface area contributed by atoms with E-state index in [4.69, 9.17) is 23.2 Å². The predicted molar refractivity (Wildman–Crippen MR) is 77.7 cm³/mol. The Bertz CT molecular complexity index is 692. The van der Waals surface area contributed by atoms with E-state index < -0.39 is 10.0 Å². The van der Waals surface area contributed by atoms with Gasteiger partial charge in [0.2, 0.25) is 0 Å². The molecule has 6 heteroatoms. The third-order valence-electron chi connectivity index (χ3n) is 2.32. The van der Waals surface area contributed by atoms with Gasteiger partial charge in [-0.1, -0.05) is 35.3 Å². The number of sulfonamides is 1. The lowest BCUT2D eigenvalue weighted by atomic mass is 10.2. The molecule has 0 atom stereocenters. The Hall–Kier alpha value is -1.36. The van der Waals surface area contributed by atoms with Crippen molar-refractivity contribution >= 4 is 39.4 Å². The summed E-state index contributed by atoms with van der Waals surface area (Å²) in [6, 6.07) is 12.5. The lowest BCUT2D eigenvalue weighted by Crippen LogP contribution is -1.97. The molecule has 0 spiro atoms. The molecule has 0 amide bonds. The van der Waals surface area contributed by atoms with E-state index in [2.05, 4.69) is 4.40 Å². The Morgan fingerprint density at radius 1 is 0.842 bits per heavy atom. The molecule has 0 saturated carbocycles. The fourth-order valence-electron chi connectivity index (χ4n) is 1.35. The van der Waals surface area contributed by atoms with E-state index >= 15 is 0 Å². The number of hydrogen-bond acceptors (Lipinski definition) is 2. The van der Waals surface area contributed by atoms with Crippen molar-refractivity contribution in [3.05, 3.63) is 64.1 Å². The molecular formula is C13H9Cl2NO2S. The van der Waals surface area contributed by atoms with E-state index in [1.807, 2.05) is 0 Å². The van der Waals surface area contributed by atoms with Gasteiger partial charge in [0.05, 0.1) is 4.90 Å². The van der Waals surface area contributed by atoms with Crippen LogP contribution in [0.25, 0.3) is 0 Å². The second kappa shape index (κ2) is 5.74. The van der Waals surface area contributed by atoms with Gasteiger partial charge in [0, 0.05) is 16.3 Å². The highest BCUT2D eigenvalue weighted by Crippen LogP contribution is 2.16. The van der Waals surface area contributed by atoms with Gasteiger partial charge < -0.3 is 0 Å². The third-order valence-corrected chi connectivity index (χ3v) is 4.08. The highest BCUT2D eigenvalue weighted by molar-refractivity contribution is 7.90. The normalized spacial score (nSPS) is 11.9. The highest BCUT2D eigenvalue weighted by atomic mass is 35.5. The molecule has 0 aliphatic rings. The fourth-order valence-corrected chi connectivity index (χ4v) is 2.46. The van der Waals surface area contributed by atoms with Crippen molar-refractivity contribution < 1.29 is 8.42 Å². The summed E-state index contributed by atoms with van der Waals surface area (Å²) in [5.41, 5.74) is 0.655. The first kappa shape index (κ1) is 14.1. The van der Waals surface area contributed by atoms with E-state index in [9.17, 15) is 8.42 Å². The molecule has 0 saturated heterocycles. The van der Waals surface area contributed by atoms with Crippen LogP contribution in [0.15, 0.2) is 57.8 Å². The van der Waals surface area contributed by atoms with Crippen LogP contribution in [0.1, 0.15) is 5.56 Å². The molecule has 0 radical (unpaired) electrons. The summed E-state index contributed by atoms with van der Waals surface area (Å²) in [6.07, 6.45) is 1.28. The molecule has 19 heavy (non-hydrogen) atoms. The van der Waals surface area contributed by atoms with Crippen LogP contribution >= 0.6 is 23.2 Å². The first-order valence-electron chi connectivity index (χ1n) is 5.29. The number of nitrogens with zero attached hydrogens (tertiary/aromatic N) is 1. The maximum Gasteiger partial charge on any atom is 0.282 e. The van der Waals surface area contributed by atoms with E-state index in [1.165, 1.54) is 30.5 Å². The van der Waals surface area contributed by atoms with Crippen molar-refractivity contribution in [3.8, 4) is 0 Å². The SMILES string of the molecule is O=S(=O)(N=Cc1ccc(Cl)cc1)c1ccc(Cl)cc1. The minimum Gasteiger partial charge on any atom is -0.199 e. The molecule has 0 aromatic heterocycles. The van der Waals surface area contributed by atoms with Crippen LogP contribution in [0.5, 0.6) is 0 Å². The zero-order valence-corrected chi connectivity index (χ0v) is 12.0. The van der Waals surface area contributed by atoms with Gasteiger partial charge in [-0.25, -0.2) is 0 Å². The molecule has 0 bridgehead atoms. The summed E-state index contributed by atoms with van der Waals surface area (Å²) in [4.78, 5) is 0.0992. The lowest BCUT2D eigenvalue weighted by Gasteiger charge is -1.98. The highest BCUT2D eigenvalue weighted by Gasteiger charge is 2.10. The molecule has 2 aromatic rings. The minimum absolute atomic E-state index is 0.0992. The van der Waals surface area contributed by atoms with Gasteiger partial charge in [0.1, 0.15) is 0 Å². The van der Waals surface area contributed by atoms with Gasteiger partial charge in [0.25, 0.3) is 10.0 Å². The fraction of sp³-hybridized carbons (Fsp3) is 0. The van der Waals surface area contributed by atoms with Gasteiger partial charge in [-0.05, 0) is 42.0 Å². The molecule has 0 aliphatic heterocycles. The van der Waals surface area contributed by atoms with Gasteiger partial charge in [-0.3, -0.25) is 0 Å². The number of hydrogen-bond donors (Lipinski definition) is 0. The summed E-state index contributed by atoms with van der Waals surface area (Å²) < 4.78 is 27.5. The standard InChI is InChI=1S/C13H9Cl2NO2S/c14-11-3-1-10(2-4-11)9-16-19(17,18)13-7-5-12(15)6-8-13/h1-9H. The Morgan fingerprint density at radius 3 is 1.84 bits per heavy atom. The zero-order valence-electron chi connectivity index (χ0n) is 9.62. The number of rotatable bonds is 3. The molecule has 3 nitrogen and oxygen atoms in total. The Morgan fingerprint density at radius 2 is 1.32 bits per heavy atom. The van der Waals surface area contributed by atoms with Crippen LogP contribution in [-0.2, 0) is 10.0 Å². The number of halogens is 2. The quantitative estimate of drug-likeness (QED) is 0.809. The van der Waals surface area contributed by atoms with Gasteiger partial charge in [0.15, 0.2) is 0 Å². The average Bonchev–Trinajstić information content (AvgIpc) is 2.39. The van der Waals surface area contributed by atoms with Crippen molar-refractivity contribution in [2.45, 2.75) is 4.90 Å². The predicted octanol–water partition coefficient (Wildman–Crippen LogP) is 3.80. The molecule has 0 unspecified atom stereocenters. The van der Waals surface area contributed by atoms with Gasteiger partial charge in [-0.2, -0.15) is 12.8 Å². The van der Waals surface area contributed by atoms with Crippen molar-refractivity contribution in [2.75, 3.05) is 0 Å². The van der Waals surface area contributed by atoms with Crippen molar-refractivity contribution in [2.24, 2.45) is 4.40 Å². The molecule has 0 fully saturated rings.